The first-order chi connectivity index (χ1) is 7.24. The number of amides is 1. The van der Waals surface area contributed by atoms with Crippen molar-refractivity contribution in [1.29, 1.82) is 0 Å². The molecule has 1 aromatic heterocycles. The Labute approximate surface area is 88.8 Å². The first-order valence-electron chi connectivity index (χ1n) is 5.32. The summed E-state index contributed by atoms with van der Waals surface area (Å²) in [7, 11) is 0. The van der Waals surface area contributed by atoms with Gasteiger partial charge in [0.2, 0.25) is 5.91 Å². The van der Waals surface area contributed by atoms with Crippen LogP contribution < -0.4 is 10.6 Å². The highest BCUT2D eigenvalue weighted by atomic mass is 16.2. The highest BCUT2D eigenvalue weighted by molar-refractivity contribution is 5.97. The van der Waals surface area contributed by atoms with Crippen LogP contribution in [0.25, 0.3) is 0 Å². The van der Waals surface area contributed by atoms with Crippen molar-refractivity contribution in [3.8, 4) is 0 Å². The Morgan fingerprint density at radius 2 is 2.47 bits per heavy atom. The van der Waals surface area contributed by atoms with Crippen LogP contribution in [-0.4, -0.2) is 28.3 Å². The molecule has 0 aromatic carbocycles. The van der Waals surface area contributed by atoms with Gasteiger partial charge in [0.15, 0.2) is 0 Å². The molecule has 2 heterocycles. The largest absolute Gasteiger partial charge is 0.320 e. The summed E-state index contributed by atoms with van der Waals surface area (Å²) in [6, 6.07) is 1.51. The minimum Gasteiger partial charge on any atom is -0.320 e. The van der Waals surface area contributed by atoms with Gasteiger partial charge in [0.1, 0.15) is 5.82 Å². The molecule has 5 nitrogen and oxygen atoms in total. The van der Waals surface area contributed by atoms with Gasteiger partial charge in [0, 0.05) is 19.2 Å². The maximum atomic E-state index is 11.9. The Hall–Kier alpha value is -1.36. The van der Waals surface area contributed by atoms with Crippen LogP contribution in [0.3, 0.4) is 0 Å². The maximum absolute atomic E-state index is 11.9. The van der Waals surface area contributed by atoms with Crippen molar-refractivity contribution in [1.82, 2.24) is 9.78 Å². The molecule has 5 heteroatoms. The van der Waals surface area contributed by atoms with Crippen LogP contribution in [0.5, 0.6) is 0 Å². The molecule has 1 amide bonds. The Kier molecular flexibility index (Phi) is 2.73. The third kappa shape index (κ3) is 1.74. The van der Waals surface area contributed by atoms with E-state index in [1.807, 2.05) is 17.7 Å². The Bertz CT molecular complexity index is 360. The fourth-order valence-electron chi connectivity index (χ4n) is 1.93. The van der Waals surface area contributed by atoms with E-state index >= 15 is 0 Å². The number of hydrogen-bond acceptors (Lipinski definition) is 3. The zero-order chi connectivity index (χ0) is 10.8. The van der Waals surface area contributed by atoms with E-state index in [0.29, 0.717) is 0 Å². The second kappa shape index (κ2) is 4.02. The van der Waals surface area contributed by atoms with Crippen molar-refractivity contribution in [2.75, 3.05) is 11.4 Å². The fraction of sp³-hybridized carbons (Fsp3) is 0.600. The smallest absolute Gasteiger partial charge is 0.245 e. The lowest BCUT2D eigenvalue weighted by Gasteiger charge is -2.30. The summed E-state index contributed by atoms with van der Waals surface area (Å²) in [5, 5.41) is 4.15. The standard InChI is InChI=1S/C10H16N4O/c1-2-14-9(5-6-12-14)13-7-3-4-8(11)10(13)15/h5-6,8H,2-4,7,11H2,1H3/t8-/m0/s1. The molecule has 0 aliphatic carbocycles. The van der Waals surface area contributed by atoms with Gasteiger partial charge in [0.05, 0.1) is 12.2 Å². The van der Waals surface area contributed by atoms with Crippen LogP contribution in [0.15, 0.2) is 12.3 Å². The van der Waals surface area contributed by atoms with E-state index < -0.39 is 0 Å². The first kappa shape index (κ1) is 10.2. The molecule has 0 unspecified atom stereocenters. The highest BCUT2D eigenvalue weighted by Gasteiger charge is 2.28. The summed E-state index contributed by atoms with van der Waals surface area (Å²) in [4.78, 5) is 13.6. The Balaban J connectivity index is 2.26. The second-order valence-corrected chi connectivity index (χ2v) is 3.74. The Morgan fingerprint density at radius 1 is 1.67 bits per heavy atom. The number of aryl methyl sites for hydroxylation is 1. The zero-order valence-electron chi connectivity index (χ0n) is 8.89. The van der Waals surface area contributed by atoms with Gasteiger partial charge in [-0.15, -0.1) is 0 Å². The number of carbonyl (C=O) groups excluding carboxylic acids is 1. The van der Waals surface area contributed by atoms with Gasteiger partial charge in [-0.05, 0) is 19.8 Å². The van der Waals surface area contributed by atoms with Gasteiger partial charge in [-0.25, -0.2) is 4.68 Å². The molecule has 1 aromatic rings. The average Bonchev–Trinajstić information content (AvgIpc) is 2.70. The molecule has 2 N–H and O–H groups in total. The minimum atomic E-state index is -0.348. The van der Waals surface area contributed by atoms with Crippen LogP contribution in [0.1, 0.15) is 19.8 Å². The van der Waals surface area contributed by atoms with Crippen LogP contribution >= 0.6 is 0 Å². The van der Waals surface area contributed by atoms with Gasteiger partial charge >= 0.3 is 0 Å². The SMILES string of the molecule is CCn1nccc1N1CCC[C@H](N)C1=O. The zero-order valence-corrected chi connectivity index (χ0v) is 8.89. The maximum Gasteiger partial charge on any atom is 0.245 e. The van der Waals surface area contributed by atoms with Crippen LogP contribution in [0.4, 0.5) is 5.82 Å². The van der Waals surface area contributed by atoms with Crippen molar-refractivity contribution in [2.45, 2.75) is 32.4 Å². The molecule has 0 saturated carbocycles. The molecule has 0 spiro atoms. The van der Waals surface area contributed by atoms with Crippen LogP contribution in [0.2, 0.25) is 0 Å². The van der Waals surface area contributed by atoms with E-state index in [1.54, 1.807) is 11.1 Å². The number of hydrogen-bond donors (Lipinski definition) is 1. The van der Waals surface area contributed by atoms with Crippen molar-refractivity contribution >= 4 is 11.7 Å². The van der Waals surface area contributed by atoms with Crippen LogP contribution in [-0.2, 0) is 11.3 Å². The normalized spacial score (nSPS) is 22.1. The summed E-state index contributed by atoms with van der Waals surface area (Å²) >= 11 is 0. The summed E-state index contributed by atoms with van der Waals surface area (Å²) in [5.74, 6) is 0.870. The number of nitrogens with zero attached hydrogens (tertiary/aromatic N) is 3. The molecule has 1 saturated heterocycles. The number of aromatic nitrogens is 2. The van der Waals surface area contributed by atoms with E-state index in [4.69, 9.17) is 5.73 Å². The summed E-state index contributed by atoms with van der Waals surface area (Å²) in [5.41, 5.74) is 5.75. The lowest BCUT2D eigenvalue weighted by Crippen LogP contribution is -2.49. The van der Waals surface area contributed by atoms with Gasteiger partial charge in [-0.3, -0.25) is 9.69 Å². The minimum absolute atomic E-state index is 0.0106. The number of carbonyl (C=O) groups is 1. The molecule has 82 valence electrons. The molecule has 0 radical (unpaired) electrons. The van der Waals surface area contributed by atoms with Crippen molar-refractivity contribution in [3.63, 3.8) is 0 Å². The second-order valence-electron chi connectivity index (χ2n) is 3.74. The molecular formula is C10H16N4O. The number of piperidine rings is 1. The molecule has 0 bridgehead atoms. The third-order valence-corrected chi connectivity index (χ3v) is 2.75. The monoisotopic (exact) mass is 208 g/mol. The van der Waals surface area contributed by atoms with Crippen molar-refractivity contribution in [3.05, 3.63) is 12.3 Å². The number of nitrogens with two attached hydrogens (primary N) is 1. The van der Waals surface area contributed by atoms with E-state index in [0.717, 1.165) is 31.7 Å². The molecular weight excluding hydrogens is 192 g/mol. The van der Waals surface area contributed by atoms with E-state index in [-0.39, 0.29) is 11.9 Å². The Morgan fingerprint density at radius 3 is 3.20 bits per heavy atom. The lowest BCUT2D eigenvalue weighted by molar-refractivity contribution is -0.120. The summed E-state index contributed by atoms with van der Waals surface area (Å²) in [6.45, 7) is 3.52. The third-order valence-electron chi connectivity index (χ3n) is 2.75. The quantitative estimate of drug-likeness (QED) is 0.763. The molecule has 1 fully saturated rings. The van der Waals surface area contributed by atoms with Crippen molar-refractivity contribution < 1.29 is 4.79 Å². The summed E-state index contributed by atoms with van der Waals surface area (Å²) < 4.78 is 1.82. The van der Waals surface area contributed by atoms with Gasteiger partial charge < -0.3 is 5.73 Å². The van der Waals surface area contributed by atoms with Crippen LogP contribution in [0, 0.1) is 0 Å². The lowest BCUT2D eigenvalue weighted by atomic mass is 10.1. The van der Waals surface area contributed by atoms with Crippen molar-refractivity contribution in [2.24, 2.45) is 5.73 Å². The molecule has 1 aliphatic heterocycles. The topological polar surface area (TPSA) is 64.2 Å². The highest BCUT2D eigenvalue weighted by Crippen LogP contribution is 2.19. The van der Waals surface area contributed by atoms with E-state index in [1.165, 1.54) is 0 Å². The summed E-state index contributed by atoms with van der Waals surface area (Å²) in [6.07, 6.45) is 3.46. The molecule has 1 aliphatic rings. The van der Waals surface area contributed by atoms with E-state index in [9.17, 15) is 4.79 Å². The van der Waals surface area contributed by atoms with E-state index in [2.05, 4.69) is 5.10 Å². The predicted octanol–water partition coefficient (Wildman–Crippen LogP) is 0.357. The predicted molar refractivity (Wildman–Crippen MR) is 57.5 cm³/mol. The number of rotatable bonds is 2. The number of anilines is 1. The fourth-order valence-corrected chi connectivity index (χ4v) is 1.93. The van der Waals surface area contributed by atoms with Gasteiger partial charge in [0.25, 0.3) is 0 Å². The first-order valence-corrected chi connectivity index (χ1v) is 5.32. The van der Waals surface area contributed by atoms with Gasteiger partial charge in [-0.2, -0.15) is 5.10 Å². The van der Waals surface area contributed by atoms with Gasteiger partial charge in [-0.1, -0.05) is 0 Å². The average molecular weight is 208 g/mol. The molecule has 2 rings (SSSR count). The molecule has 1 atom stereocenters. The molecule has 15 heavy (non-hydrogen) atoms.